The molecule has 1 fully saturated rings. The van der Waals surface area contributed by atoms with Crippen LogP contribution >= 0.6 is 0 Å². The fourth-order valence-corrected chi connectivity index (χ4v) is 2.42. The monoisotopic (exact) mass is 227 g/mol. The quantitative estimate of drug-likeness (QED) is 0.205. The average molecular weight is 227 g/mol. The number of rotatable bonds is 7. The van der Waals surface area contributed by atoms with Crippen LogP contribution in [0.2, 0.25) is 0 Å². The lowest BCUT2D eigenvalue weighted by molar-refractivity contribution is 0.316. The number of nitrogens with one attached hydrogen (secondary N) is 1. The highest BCUT2D eigenvalue weighted by Crippen LogP contribution is 2.30. The number of nitrogens with two attached hydrogens (primary N) is 1. The Morgan fingerprint density at radius 1 is 1.44 bits per heavy atom. The molecule has 0 aromatic heterocycles. The van der Waals surface area contributed by atoms with E-state index in [0.29, 0.717) is 12.3 Å². The first-order chi connectivity index (χ1) is 7.74. The van der Waals surface area contributed by atoms with Crippen LogP contribution in [0, 0.1) is 11.8 Å². The van der Waals surface area contributed by atoms with Crippen molar-refractivity contribution in [1.29, 1.82) is 0 Å². The van der Waals surface area contributed by atoms with Gasteiger partial charge in [0.1, 0.15) is 5.84 Å². The van der Waals surface area contributed by atoms with E-state index in [4.69, 9.17) is 10.9 Å². The van der Waals surface area contributed by atoms with Gasteiger partial charge in [0.05, 0.1) is 0 Å². The minimum Gasteiger partial charge on any atom is -0.409 e. The summed E-state index contributed by atoms with van der Waals surface area (Å²) in [5, 5.41) is 14.8. The fraction of sp³-hybridized carbons (Fsp3) is 0.917. The zero-order valence-corrected chi connectivity index (χ0v) is 10.3. The Labute approximate surface area is 98.3 Å². The van der Waals surface area contributed by atoms with Crippen LogP contribution in [0.5, 0.6) is 0 Å². The summed E-state index contributed by atoms with van der Waals surface area (Å²) in [6.45, 7) is 4.56. The Morgan fingerprint density at radius 3 is 2.88 bits per heavy atom. The third-order valence-corrected chi connectivity index (χ3v) is 3.61. The molecule has 94 valence electrons. The van der Waals surface area contributed by atoms with Crippen molar-refractivity contribution >= 4 is 5.84 Å². The fourth-order valence-electron chi connectivity index (χ4n) is 2.42. The summed E-state index contributed by atoms with van der Waals surface area (Å²) in [5.74, 6) is 2.11. The number of oxime groups is 1. The summed E-state index contributed by atoms with van der Waals surface area (Å²) in [7, 11) is 0. The second-order valence-corrected chi connectivity index (χ2v) is 4.92. The molecule has 1 saturated carbocycles. The first kappa shape index (κ1) is 13.3. The van der Waals surface area contributed by atoms with Crippen molar-refractivity contribution < 1.29 is 5.21 Å². The van der Waals surface area contributed by atoms with E-state index in [1.165, 1.54) is 19.3 Å². The first-order valence-electron chi connectivity index (χ1n) is 6.41. The van der Waals surface area contributed by atoms with Crippen molar-refractivity contribution in [2.75, 3.05) is 13.1 Å². The molecule has 1 rings (SSSR count). The second kappa shape index (κ2) is 7.49. The molecule has 4 heteroatoms. The SMILES string of the molecule is CC1CCCC1CNCCCCC(N)=NO. The van der Waals surface area contributed by atoms with Crippen LogP contribution in [0.25, 0.3) is 0 Å². The zero-order valence-electron chi connectivity index (χ0n) is 10.3. The molecule has 0 saturated heterocycles. The summed E-state index contributed by atoms with van der Waals surface area (Å²) in [5.41, 5.74) is 5.39. The molecule has 4 nitrogen and oxygen atoms in total. The molecule has 0 aromatic carbocycles. The third kappa shape index (κ3) is 4.84. The van der Waals surface area contributed by atoms with Crippen LogP contribution in [0.3, 0.4) is 0 Å². The van der Waals surface area contributed by atoms with E-state index >= 15 is 0 Å². The van der Waals surface area contributed by atoms with Crippen LogP contribution < -0.4 is 11.1 Å². The molecule has 2 atom stereocenters. The summed E-state index contributed by atoms with van der Waals surface area (Å²) in [6, 6.07) is 0. The van der Waals surface area contributed by atoms with Crippen molar-refractivity contribution in [3.05, 3.63) is 0 Å². The number of unbranched alkanes of at least 4 members (excludes halogenated alkanes) is 1. The Hall–Kier alpha value is -0.770. The molecule has 1 aliphatic carbocycles. The van der Waals surface area contributed by atoms with E-state index in [-0.39, 0.29) is 0 Å². The van der Waals surface area contributed by atoms with Gasteiger partial charge in [0.15, 0.2) is 0 Å². The van der Waals surface area contributed by atoms with Crippen LogP contribution in [-0.2, 0) is 0 Å². The lowest BCUT2D eigenvalue weighted by atomic mass is 9.98. The highest BCUT2D eigenvalue weighted by Gasteiger charge is 2.22. The van der Waals surface area contributed by atoms with E-state index in [0.717, 1.165) is 37.8 Å². The average Bonchev–Trinajstić information content (AvgIpc) is 2.69. The summed E-state index contributed by atoms with van der Waals surface area (Å²) in [6.07, 6.45) is 6.96. The Kier molecular flexibility index (Phi) is 6.23. The Morgan fingerprint density at radius 2 is 2.25 bits per heavy atom. The van der Waals surface area contributed by atoms with Gasteiger partial charge in [-0.15, -0.1) is 0 Å². The molecule has 0 spiro atoms. The zero-order chi connectivity index (χ0) is 11.8. The van der Waals surface area contributed by atoms with Gasteiger partial charge in [-0.2, -0.15) is 0 Å². The van der Waals surface area contributed by atoms with Gasteiger partial charge < -0.3 is 16.3 Å². The predicted octanol–water partition coefficient (Wildman–Crippen LogP) is 1.93. The molecule has 16 heavy (non-hydrogen) atoms. The van der Waals surface area contributed by atoms with Gasteiger partial charge in [-0.3, -0.25) is 0 Å². The molecule has 4 N–H and O–H groups in total. The molecular weight excluding hydrogens is 202 g/mol. The van der Waals surface area contributed by atoms with Crippen molar-refractivity contribution in [2.45, 2.75) is 45.4 Å². The highest BCUT2D eigenvalue weighted by atomic mass is 16.4. The van der Waals surface area contributed by atoms with Crippen molar-refractivity contribution in [1.82, 2.24) is 5.32 Å². The van der Waals surface area contributed by atoms with Gasteiger partial charge in [-0.1, -0.05) is 24.9 Å². The summed E-state index contributed by atoms with van der Waals surface area (Å²) >= 11 is 0. The standard InChI is InChI=1S/C12H25N3O/c1-10-5-4-6-11(10)9-14-8-3-2-7-12(13)15-16/h10-11,14,16H,2-9H2,1H3,(H2,13,15). The molecule has 0 aromatic rings. The molecule has 0 bridgehead atoms. The lowest BCUT2D eigenvalue weighted by Crippen LogP contribution is -2.25. The minimum absolute atomic E-state index is 0.337. The maximum absolute atomic E-state index is 8.36. The van der Waals surface area contributed by atoms with Gasteiger partial charge in [0.2, 0.25) is 0 Å². The van der Waals surface area contributed by atoms with Crippen molar-refractivity contribution in [3.63, 3.8) is 0 Å². The summed E-state index contributed by atoms with van der Waals surface area (Å²) < 4.78 is 0. The number of hydrogen-bond donors (Lipinski definition) is 3. The molecule has 2 unspecified atom stereocenters. The van der Waals surface area contributed by atoms with Crippen LogP contribution in [0.4, 0.5) is 0 Å². The van der Waals surface area contributed by atoms with Crippen LogP contribution in [0.15, 0.2) is 5.16 Å². The predicted molar refractivity (Wildman–Crippen MR) is 66.6 cm³/mol. The smallest absolute Gasteiger partial charge is 0.139 e. The Balaban J connectivity index is 1.92. The van der Waals surface area contributed by atoms with Gasteiger partial charge in [0.25, 0.3) is 0 Å². The topological polar surface area (TPSA) is 70.6 Å². The molecule has 0 heterocycles. The molecule has 1 aliphatic rings. The lowest BCUT2D eigenvalue weighted by Gasteiger charge is -2.15. The molecule has 0 radical (unpaired) electrons. The maximum atomic E-state index is 8.36. The number of amidine groups is 1. The second-order valence-electron chi connectivity index (χ2n) is 4.92. The minimum atomic E-state index is 0.337. The van der Waals surface area contributed by atoms with E-state index in [2.05, 4.69) is 17.4 Å². The molecule has 0 aliphatic heterocycles. The van der Waals surface area contributed by atoms with Crippen LogP contribution in [-0.4, -0.2) is 24.1 Å². The van der Waals surface area contributed by atoms with Gasteiger partial charge in [-0.05, 0) is 44.2 Å². The first-order valence-corrected chi connectivity index (χ1v) is 6.41. The van der Waals surface area contributed by atoms with Crippen LogP contribution in [0.1, 0.15) is 45.4 Å². The van der Waals surface area contributed by atoms with E-state index in [1.54, 1.807) is 0 Å². The van der Waals surface area contributed by atoms with Gasteiger partial charge in [-0.25, -0.2) is 0 Å². The van der Waals surface area contributed by atoms with E-state index in [9.17, 15) is 0 Å². The van der Waals surface area contributed by atoms with Crippen molar-refractivity contribution in [2.24, 2.45) is 22.7 Å². The Bertz CT molecular complexity index is 218. The van der Waals surface area contributed by atoms with Crippen molar-refractivity contribution in [3.8, 4) is 0 Å². The van der Waals surface area contributed by atoms with E-state index in [1.807, 2.05) is 0 Å². The number of nitrogens with zero attached hydrogens (tertiary/aromatic N) is 1. The third-order valence-electron chi connectivity index (χ3n) is 3.61. The van der Waals surface area contributed by atoms with E-state index < -0.39 is 0 Å². The van der Waals surface area contributed by atoms with Gasteiger partial charge >= 0.3 is 0 Å². The highest BCUT2D eigenvalue weighted by molar-refractivity contribution is 5.79. The maximum Gasteiger partial charge on any atom is 0.139 e. The summed E-state index contributed by atoms with van der Waals surface area (Å²) in [4.78, 5) is 0. The molecular formula is C12H25N3O. The largest absolute Gasteiger partial charge is 0.409 e. The normalized spacial score (nSPS) is 26.2. The number of hydrogen-bond acceptors (Lipinski definition) is 3. The molecule has 0 amide bonds. The van der Waals surface area contributed by atoms with Gasteiger partial charge in [0, 0.05) is 6.42 Å².